The predicted octanol–water partition coefficient (Wildman–Crippen LogP) is 2.20. The molecule has 1 saturated carbocycles. The van der Waals surface area contributed by atoms with Crippen LogP contribution in [-0.4, -0.2) is 25.2 Å². The molecule has 1 unspecified atom stereocenters. The predicted molar refractivity (Wildman–Crippen MR) is 79.9 cm³/mol. The van der Waals surface area contributed by atoms with Gasteiger partial charge in [-0.3, -0.25) is 0 Å². The highest BCUT2D eigenvalue weighted by atomic mass is 32.1. The third kappa shape index (κ3) is 2.45. The zero-order chi connectivity index (χ0) is 14.2. The Morgan fingerprint density at radius 3 is 3.00 bits per heavy atom. The van der Waals surface area contributed by atoms with E-state index < -0.39 is 0 Å². The van der Waals surface area contributed by atoms with E-state index in [4.69, 9.17) is 10.7 Å². The second-order valence-electron chi connectivity index (χ2n) is 5.24. The first-order chi connectivity index (χ1) is 10.3. The van der Waals surface area contributed by atoms with Gasteiger partial charge in [-0.15, -0.1) is 16.4 Å². The van der Waals surface area contributed by atoms with E-state index in [1.54, 1.807) is 22.3 Å². The number of rotatable bonds is 4. The molecule has 4 rings (SSSR count). The first-order valence-corrected chi connectivity index (χ1v) is 7.74. The molecule has 0 amide bonds. The topological polar surface area (TPSA) is 82.5 Å². The van der Waals surface area contributed by atoms with E-state index in [1.807, 2.05) is 24.3 Å². The van der Waals surface area contributed by atoms with Gasteiger partial charge in [0.25, 0.3) is 0 Å². The molecule has 2 N–H and O–H groups in total. The van der Waals surface area contributed by atoms with Crippen molar-refractivity contribution < 1.29 is 0 Å². The van der Waals surface area contributed by atoms with Crippen LogP contribution in [0, 0.1) is 5.92 Å². The van der Waals surface area contributed by atoms with Gasteiger partial charge in [-0.05, 0) is 41.3 Å². The number of aromatic nitrogens is 5. The van der Waals surface area contributed by atoms with Gasteiger partial charge in [0.05, 0.1) is 17.4 Å². The molecule has 2 aromatic heterocycles. The third-order valence-electron chi connectivity index (χ3n) is 3.69. The maximum atomic E-state index is 6.22. The average molecular weight is 298 g/mol. The molecule has 1 fully saturated rings. The van der Waals surface area contributed by atoms with Crippen molar-refractivity contribution in [1.29, 1.82) is 0 Å². The van der Waals surface area contributed by atoms with Gasteiger partial charge >= 0.3 is 0 Å². The van der Waals surface area contributed by atoms with Crippen LogP contribution in [0.3, 0.4) is 0 Å². The Morgan fingerprint density at radius 2 is 2.24 bits per heavy atom. The minimum absolute atomic E-state index is 0.0893. The van der Waals surface area contributed by atoms with E-state index in [2.05, 4.69) is 20.9 Å². The van der Waals surface area contributed by atoms with Crippen LogP contribution < -0.4 is 5.73 Å². The summed E-state index contributed by atoms with van der Waals surface area (Å²) in [6.07, 6.45) is 4.03. The zero-order valence-electron chi connectivity index (χ0n) is 11.3. The van der Waals surface area contributed by atoms with Crippen LogP contribution in [0.15, 0.2) is 36.0 Å². The maximum Gasteiger partial charge on any atom is 0.143 e. The molecule has 1 aliphatic rings. The highest BCUT2D eigenvalue weighted by molar-refractivity contribution is 7.10. The van der Waals surface area contributed by atoms with E-state index in [9.17, 15) is 0 Å². The number of tetrazole rings is 1. The smallest absolute Gasteiger partial charge is 0.143 e. The molecule has 1 aliphatic carbocycles. The Kier molecular flexibility index (Phi) is 3.01. The summed E-state index contributed by atoms with van der Waals surface area (Å²) in [6, 6.07) is 8.09. The van der Waals surface area contributed by atoms with Crippen LogP contribution in [0.5, 0.6) is 0 Å². The minimum atomic E-state index is 0.0893. The van der Waals surface area contributed by atoms with Crippen LogP contribution in [0.2, 0.25) is 0 Å². The lowest BCUT2D eigenvalue weighted by Crippen LogP contribution is -2.11. The second-order valence-corrected chi connectivity index (χ2v) is 6.13. The Morgan fingerprint density at radius 1 is 1.33 bits per heavy atom. The van der Waals surface area contributed by atoms with Crippen molar-refractivity contribution in [1.82, 2.24) is 25.2 Å². The molecule has 3 aromatic rings. The lowest BCUT2D eigenvalue weighted by atomic mass is 10.1. The average Bonchev–Trinajstić information content (AvgIpc) is 3.04. The van der Waals surface area contributed by atoms with Crippen molar-refractivity contribution in [2.75, 3.05) is 0 Å². The van der Waals surface area contributed by atoms with Gasteiger partial charge in [-0.2, -0.15) is 0 Å². The van der Waals surface area contributed by atoms with Gasteiger partial charge in [-0.25, -0.2) is 9.67 Å². The van der Waals surface area contributed by atoms with Gasteiger partial charge in [0, 0.05) is 10.9 Å². The van der Waals surface area contributed by atoms with E-state index >= 15 is 0 Å². The molecule has 0 bridgehead atoms. The van der Waals surface area contributed by atoms with E-state index in [0.29, 0.717) is 5.92 Å². The molecule has 2 heterocycles. The van der Waals surface area contributed by atoms with Crippen molar-refractivity contribution >= 4 is 11.3 Å². The third-order valence-corrected chi connectivity index (χ3v) is 4.64. The summed E-state index contributed by atoms with van der Waals surface area (Å²) in [4.78, 5) is 4.70. The minimum Gasteiger partial charge on any atom is -0.322 e. The van der Waals surface area contributed by atoms with Gasteiger partial charge in [0.1, 0.15) is 11.3 Å². The number of nitrogens with two attached hydrogens (primary N) is 1. The summed E-state index contributed by atoms with van der Waals surface area (Å²) in [6.45, 7) is 0. The van der Waals surface area contributed by atoms with Gasteiger partial charge in [-0.1, -0.05) is 12.1 Å². The summed E-state index contributed by atoms with van der Waals surface area (Å²) in [7, 11) is 0. The maximum absolute atomic E-state index is 6.22. The zero-order valence-corrected chi connectivity index (χ0v) is 12.1. The molecule has 6 nitrogen and oxygen atoms in total. The molecule has 0 spiro atoms. The van der Waals surface area contributed by atoms with Crippen molar-refractivity contribution in [3.63, 3.8) is 0 Å². The summed E-state index contributed by atoms with van der Waals surface area (Å²) in [5.74, 6) is 0.622. The fourth-order valence-electron chi connectivity index (χ4n) is 2.32. The molecule has 7 heteroatoms. The Hall–Kier alpha value is -2.12. The van der Waals surface area contributed by atoms with E-state index in [1.165, 1.54) is 12.8 Å². The number of nitrogens with zero attached hydrogens (tertiary/aromatic N) is 5. The molecular weight excluding hydrogens is 284 g/mol. The van der Waals surface area contributed by atoms with Crippen LogP contribution >= 0.6 is 11.3 Å². The van der Waals surface area contributed by atoms with Gasteiger partial charge < -0.3 is 5.73 Å². The van der Waals surface area contributed by atoms with Crippen molar-refractivity contribution in [2.24, 2.45) is 11.7 Å². The van der Waals surface area contributed by atoms with Crippen molar-refractivity contribution in [3.8, 4) is 16.9 Å². The fraction of sp³-hybridized carbons (Fsp3) is 0.286. The highest BCUT2D eigenvalue weighted by Crippen LogP contribution is 2.40. The lowest BCUT2D eigenvalue weighted by molar-refractivity contribution is 0.629. The lowest BCUT2D eigenvalue weighted by Gasteiger charge is -2.05. The van der Waals surface area contributed by atoms with E-state index in [-0.39, 0.29) is 6.04 Å². The number of hydrogen-bond donors (Lipinski definition) is 1. The first kappa shape index (κ1) is 12.6. The molecule has 1 aromatic carbocycles. The van der Waals surface area contributed by atoms with Crippen LogP contribution in [0.4, 0.5) is 0 Å². The van der Waals surface area contributed by atoms with Crippen molar-refractivity contribution in [2.45, 2.75) is 18.9 Å². The largest absolute Gasteiger partial charge is 0.322 e. The summed E-state index contributed by atoms with van der Waals surface area (Å²) >= 11 is 1.64. The normalized spacial score (nSPS) is 16.0. The number of hydrogen-bond acceptors (Lipinski definition) is 6. The van der Waals surface area contributed by atoms with Crippen LogP contribution in [0.25, 0.3) is 16.9 Å². The molecule has 1 atom stereocenters. The Bertz CT molecular complexity index is 746. The first-order valence-electron chi connectivity index (χ1n) is 6.86. The summed E-state index contributed by atoms with van der Waals surface area (Å²) < 4.78 is 1.63. The SMILES string of the molecule is NC(c1nc(-c2cccc(-n3cnnn3)c2)cs1)C1CC1. The summed E-state index contributed by atoms with van der Waals surface area (Å²) in [5, 5.41) is 14.3. The van der Waals surface area contributed by atoms with Gasteiger partial charge in [0.2, 0.25) is 0 Å². The van der Waals surface area contributed by atoms with E-state index in [0.717, 1.165) is 22.0 Å². The monoisotopic (exact) mass is 298 g/mol. The molecule has 0 saturated heterocycles. The van der Waals surface area contributed by atoms with Crippen molar-refractivity contribution in [3.05, 3.63) is 41.0 Å². The summed E-state index contributed by atoms with van der Waals surface area (Å²) in [5.41, 5.74) is 9.14. The fourth-order valence-corrected chi connectivity index (χ4v) is 3.24. The number of benzene rings is 1. The molecule has 21 heavy (non-hydrogen) atoms. The standard InChI is InChI=1S/C14H14N6S/c15-13(9-4-5-9)14-17-12(7-21-14)10-2-1-3-11(6-10)20-8-16-18-19-20/h1-3,6-9,13H,4-5,15H2. The quantitative estimate of drug-likeness (QED) is 0.798. The van der Waals surface area contributed by atoms with Crippen LogP contribution in [0.1, 0.15) is 23.9 Å². The highest BCUT2D eigenvalue weighted by Gasteiger charge is 2.31. The van der Waals surface area contributed by atoms with Crippen LogP contribution in [-0.2, 0) is 0 Å². The molecular formula is C14H14N6S. The second kappa shape index (κ2) is 5.01. The van der Waals surface area contributed by atoms with Gasteiger partial charge in [0.15, 0.2) is 0 Å². The Labute approximate surface area is 125 Å². The molecule has 0 radical (unpaired) electrons. The molecule has 0 aliphatic heterocycles. The molecule has 106 valence electrons. The number of thiazole rings is 1. The Balaban J connectivity index is 1.65.